The molecule has 0 atom stereocenters. The molecule has 0 radical (unpaired) electrons. The number of benzene rings is 2. The number of hydrogen-bond donors (Lipinski definition) is 1. The van der Waals surface area contributed by atoms with Gasteiger partial charge in [0, 0.05) is 23.8 Å². The van der Waals surface area contributed by atoms with Gasteiger partial charge in [0.1, 0.15) is 11.6 Å². The van der Waals surface area contributed by atoms with Crippen LogP contribution in [-0.4, -0.2) is 32.2 Å². The zero-order valence-corrected chi connectivity index (χ0v) is 17.0. The summed E-state index contributed by atoms with van der Waals surface area (Å²) in [4.78, 5) is 17.0. The van der Waals surface area contributed by atoms with Crippen molar-refractivity contribution in [2.75, 3.05) is 18.2 Å². The number of fused-ring (bicyclic) bond motifs is 1. The van der Waals surface area contributed by atoms with Crippen LogP contribution in [0.4, 0.5) is 5.82 Å². The fourth-order valence-electron chi connectivity index (χ4n) is 3.13. The number of halogens is 1. The van der Waals surface area contributed by atoms with Crippen molar-refractivity contribution in [2.45, 2.75) is 11.3 Å². The maximum Gasteiger partial charge on any atom is 0.256 e. The van der Waals surface area contributed by atoms with Crippen LogP contribution in [0.5, 0.6) is 5.75 Å². The van der Waals surface area contributed by atoms with Gasteiger partial charge >= 0.3 is 0 Å². The van der Waals surface area contributed by atoms with Crippen molar-refractivity contribution < 1.29 is 17.9 Å². The first-order valence-electron chi connectivity index (χ1n) is 8.85. The Balaban J connectivity index is 1.59. The normalized spacial score (nSPS) is 12.9. The van der Waals surface area contributed by atoms with Crippen LogP contribution in [0.15, 0.2) is 59.5 Å². The number of amides is 1. The van der Waals surface area contributed by atoms with Gasteiger partial charge in [0.25, 0.3) is 5.91 Å². The van der Waals surface area contributed by atoms with E-state index in [9.17, 15) is 13.2 Å². The van der Waals surface area contributed by atoms with E-state index in [1.807, 2.05) is 24.3 Å². The molecule has 1 aromatic heterocycles. The predicted octanol–water partition coefficient (Wildman–Crippen LogP) is 3.99. The minimum atomic E-state index is -3.55. The molecule has 1 N–H and O–H groups in total. The predicted molar refractivity (Wildman–Crippen MR) is 111 cm³/mol. The lowest BCUT2D eigenvalue weighted by Gasteiger charge is -2.09. The lowest BCUT2D eigenvalue weighted by Crippen LogP contribution is -2.14. The highest BCUT2D eigenvalue weighted by molar-refractivity contribution is 7.90. The summed E-state index contributed by atoms with van der Waals surface area (Å²) in [5.74, 6) is 0.779. The molecule has 0 aliphatic carbocycles. The number of carbonyl (C=O) groups excluding carboxylic acids is 1. The summed E-state index contributed by atoms with van der Waals surface area (Å²) in [6, 6.07) is 15.3. The Labute approximate surface area is 173 Å². The van der Waals surface area contributed by atoms with E-state index in [-0.39, 0.29) is 15.5 Å². The zero-order valence-electron chi connectivity index (χ0n) is 15.5. The van der Waals surface area contributed by atoms with Crippen molar-refractivity contribution in [3.05, 3.63) is 70.7 Å². The summed E-state index contributed by atoms with van der Waals surface area (Å²) in [7, 11) is -3.55. The number of sulfone groups is 1. The van der Waals surface area contributed by atoms with Crippen LogP contribution in [0.25, 0.3) is 11.3 Å². The van der Waals surface area contributed by atoms with Crippen LogP contribution in [-0.2, 0) is 16.3 Å². The number of rotatable bonds is 4. The fraction of sp³-hybridized carbons (Fsp3) is 0.143. The number of nitrogens with one attached hydrogen (secondary N) is 1. The van der Waals surface area contributed by atoms with Gasteiger partial charge in [-0.1, -0.05) is 17.7 Å². The smallest absolute Gasteiger partial charge is 0.256 e. The van der Waals surface area contributed by atoms with E-state index in [1.54, 1.807) is 12.1 Å². The molecule has 2 heterocycles. The molecule has 0 bridgehead atoms. The molecule has 8 heteroatoms. The van der Waals surface area contributed by atoms with Gasteiger partial charge in [-0.15, -0.1) is 0 Å². The van der Waals surface area contributed by atoms with E-state index in [0.29, 0.717) is 18.1 Å². The summed E-state index contributed by atoms with van der Waals surface area (Å²) in [5, 5.41) is 2.78. The highest BCUT2D eigenvalue weighted by Crippen LogP contribution is 2.30. The van der Waals surface area contributed by atoms with Gasteiger partial charge in [0.15, 0.2) is 9.84 Å². The van der Waals surface area contributed by atoms with E-state index in [2.05, 4.69) is 10.3 Å². The summed E-state index contributed by atoms with van der Waals surface area (Å²) in [5.41, 5.74) is 2.95. The SMILES string of the molecule is CS(=O)(=O)c1cc(C(=O)Nc2cccc(-c3ccc4c(c3)CCO4)n2)ccc1Cl. The monoisotopic (exact) mass is 428 g/mol. The summed E-state index contributed by atoms with van der Waals surface area (Å²) < 4.78 is 29.2. The molecule has 4 rings (SSSR count). The molecule has 1 amide bonds. The minimum Gasteiger partial charge on any atom is -0.493 e. The summed E-state index contributed by atoms with van der Waals surface area (Å²) in [6.45, 7) is 0.679. The van der Waals surface area contributed by atoms with Crippen LogP contribution < -0.4 is 10.1 Å². The Hall–Kier alpha value is -2.90. The van der Waals surface area contributed by atoms with Crippen molar-refractivity contribution in [3.63, 3.8) is 0 Å². The number of anilines is 1. The zero-order chi connectivity index (χ0) is 20.6. The Bertz CT molecular complexity index is 1230. The molecule has 6 nitrogen and oxygen atoms in total. The topological polar surface area (TPSA) is 85.4 Å². The lowest BCUT2D eigenvalue weighted by atomic mass is 10.1. The number of hydrogen-bond acceptors (Lipinski definition) is 5. The number of aromatic nitrogens is 1. The second kappa shape index (κ2) is 7.50. The van der Waals surface area contributed by atoms with Gasteiger partial charge < -0.3 is 10.1 Å². The van der Waals surface area contributed by atoms with Crippen LogP contribution in [0.3, 0.4) is 0 Å². The Morgan fingerprint density at radius 3 is 2.76 bits per heavy atom. The quantitative estimate of drug-likeness (QED) is 0.679. The van der Waals surface area contributed by atoms with Crippen LogP contribution in [0.2, 0.25) is 5.02 Å². The van der Waals surface area contributed by atoms with E-state index < -0.39 is 15.7 Å². The molecule has 1 aliphatic rings. The molecule has 0 saturated heterocycles. The molecule has 0 fully saturated rings. The average molecular weight is 429 g/mol. The molecule has 3 aromatic rings. The number of carbonyl (C=O) groups is 1. The third kappa shape index (κ3) is 4.11. The second-order valence-corrected chi connectivity index (χ2v) is 9.09. The summed E-state index contributed by atoms with van der Waals surface area (Å²) >= 11 is 5.94. The lowest BCUT2D eigenvalue weighted by molar-refractivity contribution is 0.102. The van der Waals surface area contributed by atoms with E-state index in [0.717, 1.165) is 29.6 Å². The maximum atomic E-state index is 12.6. The van der Waals surface area contributed by atoms with Gasteiger partial charge in [0.2, 0.25) is 0 Å². The fourth-order valence-corrected chi connectivity index (χ4v) is 4.43. The summed E-state index contributed by atoms with van der Waals surface area (Å²) in [6.07, 6.45) is 1.90. The molecular formula is C21H17ClN2O4S. The van der Waals surface area contributed by atoms with E-state index in [1.165, 1.54) is 18.2 Å². The van der Waals surface area contributed by atoms with Gasteiger partial charge in [-0.25, -0.2) is 13.4 Å². The number of nitrogens with zero attached hydrogens (tertiary/aromatic N) is 1. The van der Waals surface area contributed by atoms with Crippen LogP contribution >= 0.6 is 11.6 Å². The maximum absolute atomic E-state index is 12.6. The molecule has 148 valence electrons. The standard InChI is InChI=1S/C21H17ClN2O4S/c1-29(26,27)19-12-15(5-7-16(19)22)21(25)24-20-4-2-3-17(23-20)13-6-8-18-14(11-13)9-10-28-18/h2-8,11-12H,9-10H2,1H3,(H,23,24,25). The molecular weight excluding hydrogens is 412 g/mol. The minimum absolute atomic E-state index is 0.0739. The highest BCUT2D eigenvalue weighted by atomic mass is 35.5. The van der Waals surface area contributed by atoms with Crippen molar-refractivity contribution in [3.8, 4) is 17.0 Å². The van der Waals surface area contributed by atoms with Crippen molar-refractivity contribution >= 4 is 33.2 Å². The third-order valence-corrected chi connectivity index (χ3v) is 6.15. The van der Waals surface area contributed by atoms with Crippen molar-refractivity contribution in [1.82, 2.24) is 4.98 Å². The van der Waals surface area contributed by atoms with Crippen molar-refractivity contribution in [2.24, 2.45) is 0 Å². The first-order chi connectivity index (χ1) is 13.8. The first-order valence-corrected chi connectivity index (χ1v) is 11.1. The molecule has 0 spiro atoms. The van der Waals surface area contributed by atoms with Gasteiger partial charge in [-0.05, 0) is 54.1 Å². The number of ether oxygens (including phenoxy) is 1. The molecule has 0 unspecified atom stereocenters. The highest BCUT2D eigenvalue weighted by Gasteiger charge is 2.17. The second-order valence-electron chi connectivity index (χ2n) is 6.70. The third-order valence-electron chi connectivity index (χ3n) is 4.57. The average Bonchev–Trinajstić information content (AvgIpc) is 3.15. The number of pyridine rings is 1. The van der Waals surface area contributed by atoms with E-state index in [4.69, 9.17) is 16.3 Å². The van der Waals surface area contributed by atoms with Gasteiger partial charge in [0.05, 0.1) is 22.2 Å². The largest absolute Gasteiger partial charge is 0.493 e. The van der Waals surface area contributed by atoms with Gasteiger partial charge in [-0.2, -0.15) is 0 Å². The molecule has 0 saturated carbocycles. The molecule has 29 heavy (non-hydrogen) atoms. The first kappa shape index (κ1) is 19.4. The molecule has 2 aromatic carbocycles. The van der Waals surface area contributed by atoms with E-state index >= 15 is 0 Å². The Morgan fingerprint density at radius 2 is 1.97 bits per heavy atom. The van der Waals surface area contributed by atoms with Crippen LogP contribution in [0, 0.1) is 0 Å². The van der Waals surface area contributed by atoms with Crippen molar-refractivity contribution in [1.29, 1.82) is 0 Å². The van der Waals surface area contributed by atoms with Crippen LogP contribution in [0.1, 0.15) is 15.9 Å². The van der Waals surface area contributed by atoms with Gasteiger partial charge in [-0.3, -0.25) is 4.79 Å². The molecule has 1 aliphatic heterocycles. The Kier molecular flexibility index (Phi) is 5.02. The Morgan fingerprint density at radius 1 is 1.14 bits per heavy atom.